The van der Waals surface area contributed by atoms with Crippen molar-refractivity contribution in [2.24, 2.45) is 0 Å². The Morgan fingerprint density at radius 3 is 3.00 bits per heavy atom. The fourth-order valence-corrected chi connectivity index (χ4v) is 2.77. The summed E-state index contributed by atoms with van der Waals surface area (Å²) in [5, 5.41) is 3.52. The van der Waals surface area contributed by atoms with E-state index in [0.29, 0.717) is 6.61 Å². The van der Waals surface area contributed by atoms with Crippen LogP contribution in [-0.2, 0) is 16.0 Å². The molecule has 0 bridgehead atoms. The topological polar surface area (TPSA) is 30.5 Å². The Morgan fingerprint density at radius 1 is 1.42 bits per heavy atom. The zero-order valence-corrected chi connectivity index (χ0v) is 11.7. The molecular formula is C16H23NO2. The van der Waals surface area contributed by atoms with Crippen LogP contribution in [0.4, 0.5) is 0 Å². The van der Waals surface area contributed by atoms with Crippen LogP contribution in [0.15, 0.2) is 24.3 Å². The molecule has 1 saturated heterocycles. The first-order valence-corrected chi connectivity index (χ1v) is 7.24. The second kappa shape index (κ2) is 5.61. The zero-order chi connectivity index (χ0) is 13.1. The molecule has 0 radical (unpaired) electrons. The molecule has 1 aromatic carbocycles. The van der Waals surface area contributed by atoms with Gasteiger partial charge in [0.1, 0.15) is 5.60 Å². The van der Waals surface area contributed by atoms with Crippen LogP contribution >= 0.6 is 0 Å². The maximum atomic E-state index is 5.62. The third-order valence-electron chi connectivity index (χ3n) is 4.28. The highest BCUT2D eigenvalue weighted by Gasteiger charge is 2.34. The summed E-state index contributed by atoms with van der Waals surface area (Å²) >= 11 is 0. The minimum atomic E-state index is -0.117. The van der Waals surface area contributed by atoms with Gasteiger partial charge in [-0.1, -0.05) is 24.3 Å². The van der Waals surface area contributed by atoms with Gasteiger partial charge in [0.25, 0.3) is 0 Å². The molecule has 1 unspecified atom stereocenters. The highest BCUT2D eigenvalue weighted by atomic mass is 16.5. The van der Waals surface area contributed by atoms with Crippen LogP contribution in [0.5, 0.6) is 0 Å². The van der Waals surface area contributed by atoms with Gasteiger partial charge in [-0.05, 0) is 29.9 Å². The summed E-state index contributed by atoms with van der Waals surface area (Å²) in [6, 6.07) is 8.97. The van der Waals surface area contributed by atoms with Gasteiger partial charge in [0, 0.05) is 33.2 Å². The number of hydrogen-bond donors (Lipinski definition) is 1. The van der Waals surface area contributed by atoms with Crippen molar-refractivity contribution in [3.05, 3.63) is 35.4 Å². The van der Waals surface area contributed by atoms with Crippen molar-refractivity contribution < 1.29 is 9.47 Å². The van der Waals surface area contributed by atoms with Crippen molar-refractivity contribution >= 4 is 0 Å². The van der Waals surface area contributed by atoms with Gasteiger partial charge in [-0.3, -0.25) is 0 Å². The molecule has 1 N–H and O–H groups in total. The maximum Gasteiger partial charge on any atom is 0.106 e. The van der Waals surface area contributed by atoms with E-state index in [0.717, 1.165) is 32.0 Å². The molecule has 3 rings (SSSR count). The Labute approximate surface area is 115 Å². The molecule has 0 spiro atoms. The first-order chi connectivity index (χ1) is 9.31. The van der Waals surface area contributed by atoms with E-state index in [1.807, 2.05) is 0 Å². The van der Waals surface area contributed by atoms with Gasteiger partial charge in [-0.15, -0.1) is 0 Å². The van der Waals surface area contributed by atoms with Crippen LogP contribution in [-0.4, -0.2) is 32.5 Å². The SMILES string of the molecule is COC1(CNCc2cccc(C3CC3)c2)CCOC1. The molecule has 2 aliphatic rings. The Kier molecular flexibility index (Phi) is 3.87. The van der Waals surface area contributed by atoms with E-state index >= 15 is 0 Å². The van der Waals surface area contributed by atoms with Crippen molar-refractivity contribution in [1.82, 2.24) is 5.32 Å². The summed E-state index contributed by atoms with van der Waals surface area (Å²) in [5.74, 6) is 0.827. The van der Waals surface area contributed by atoms with Crippen LogP contribution in [0, 0.1) is 0 Å². The van der Waals surface area contributed by atoms with E-state index in [2.05, 4.69) is 29.6 Å². The monoisotopic (exact) mass is 261 g/mol. The molecule has 1 aliphatic carbocycles. The van der Waals surface area contributed by atoms with E-state index in [-0.39, 0.29) is 5.60 Å². The molecule has 104 valence electrons. The number of benzene rings is 1. The third kappa shape index (κ3) is 3.16. The third-order valence-corrected chi connectivity index (χ3v) is 4.28. The average Bonchev–Trinajstić information content (AvgIpc) is 3.20. The lowest BCUT2D eigenvalue weighted by atomic mass is 10.0. The van der Waals surface area contributed by atoms with Crippen molar-refractivity contribution in [3.8, 4) is 0 Å². The van der Waals surface area contributed by atoms with Gasteiger partial charge in [0.15, 0.2) is 0 Å². The fraction of sp³-hybridized carbons (Fsp3) is 0.625. The number of ether oxygens (including phenoxy) is 2. The van der Waals surface area contributed by atoms with E-state index in [9.17, 15) is 0 Å². The smallest absolute Gasteiger partial charge is 0.106 e. The van der Waals surface area contributed by atoms with E-state index in [1.165, 1.54) is 24.0 Å². The Hall–Kier alpha value is -0.900. The molecule has 0 aromatic heterocycles. The van der Waals surface area contributed by atoms with Gasteiger partial charge in [-0.2, -0.15) is 0 Å². The van der Waals surface area contributed by atoms with Crippen LogP contribution in [0.25, 0.3) is 0 Å². The lowest BCUT2D eigenvalue weighted by Crippen LogP contribution is -2.42. The summed E-state index contributed by atoms with van der Waals surface area (Å²) < 4.78 is 11.1. The molecule has 19 heavy (non-hydrogen) atoms. The first-order valence-electron chi connectivity index (χ1n) is 7.24. The predicted molar refractivity (Wildman–Crippen MR) is 75.3 cm³/mol. The van der Waals surface area contributed by atoms with Gasteiger partial charge in [-0.25, -0.2) is 0 Å². The standard InChI is InChI=1S/C16H23NO2/c1-18-16(7-8-19-12-16)11-17-10-13-3-2-4-15(9-13)14-5-6-14/h2-4,9,14,17H,5-8,10-12H2,1H3. The molecule has 1 saturated carbocycles. The van der Waals surface area contributed by atoms with Gasteiger partial charge < -0.3 is 14.8 Å². The maximum absolute atomic E-state index is 5.62. The number of methoxy groups -OCH3 is 1. The van der Waals surface area contributed by atoms with Gasteiger partial charge in [0.2, 0.25) is 0 Å². The number of nitrogens with one attached hydrogen (secondary N) is 1. The molecule has 3 nitrogen and oxygen atoms in total. The molecule has 2 fully saturated rings. The molecule has 0 amide bonds. The summed E-state index contributed by atoms with van der Waals surface area (Å²) in [6.45, 7) is 3.29. The fourth-order valence-electron chi connectivity index (χ4n) is 2.77. The molecular weight excluding hydrogens is 238 g/mol. The van der Waals surface area contributed by atoms with Gasteiger partial charge in [0.05, 0.1) is 6.61 Å². The zero-order valence-electron chi connectivity index (χ0n) is 11.7. The van der Waals surface area contributed by atoms with Gasteiger partial charge >= 0.3 is 0 Å². The highest BCUT2D eigenvalue weighted by Crippen LogP contribution is 2.40. The quantitative estimate of drug-likeness (QED) is 0.853. The second-order valence-corrected chi connectivity index (χ2v) is 5.81. The second-order valence-electron chi connectivity index (χ2n) is 5.81. The lowest BCUT2D eigenvalue weighted by molar-refractivity contribution is -0.0159. The Bertz CT molecular complexity index is 423. The molecule has 1 heterocycles. The van der Waals surface area contributed by atoms with Crippen LogP contribution in [0.1, 0.15) is 36.3 Å². The van der Waals surface area contributed by atoms with E-state index in [1.54, 1.807) is 7.11 Å². The Morgan fingerprint density at radius 2 is 2.32 bits per heavy atom. The lowest BCUT2D eigenvalue weighted by Gasteiger charge is -2.26. The molecule has 1 atom stereocenters. The Balaban J connectivity index is 1.52. The van der Waals surface area contributed by atoms with E-state index in [4.69, 9.17) is 9.47 Å². The normalized spacial score (nSPS) is 26.8. The largest absolute Gasteiger partial charge is 0.378 e. The minimum Gasteiger partial charge on any atom is -0.378 e. The summed E-state index contributed by atoms with van der Waals surface area (Å²) in [6.07, 6.45) is 3.71. The number of hydrogen-bond acceptors (Lipinski definition) is 3. The molecule has 1 aromatic rings. The van der Waals surface area contributed by atoms with Crippen molar-refractivity contribution in [2.75, 3.05) is 26.9 Å². The number of rotatable bonds is 6. The van der Waals surface area contributed by atoms with Crippen LogP contribution < -0.4 is 5.32 Å². The van der Waals surface area contributed by atoms with Crippen LogP contribution in [0.3, 0.4) is 0 Å². The molecule has 3 heteroatoms. The van der Waals surface area contributed by atoms with Crippen molar-refractivity contribution in [3.63, 3.8) is 0 Å². The minimum absolute atomic E-state index is 0.117. The van der Waals surface area contributed by atoms with Crippen molar-refractivity contribution in [2.45, 2.75) is 37.3 Å². The summed E-state index contributed by atoms with van der Waals surface area (Å²) in [5.41, 5.74) is 2.76. The predicted octanol–water partition coefficient (Wildman–Crippen LogP) is 2.46. The summed E-state index contributed by atoms with van der Waals surface area (Å²) in [7, 11) is 1.78. The van der Waals surface area contributed by atoms with Crippen LogP contribution in [0.2, 0.25) is 0 Å². The highest BCUT2D eigenvalue weighted by molar-refractivity contribution is 5.29. The first kappa shape index (κ1) is 13.1. The van der Waals surface area contributed by atoms with Crippen molar-refractivity contribution in [1.29, 1.82) is 0 Å². The van der Waals surface area contributed by atoms with E-state index < -0.39 is 0 Å². The molecule has 1 aliphatic heterocycles. The average molecular weight is 261 g/mol. The summed E-state index contributed by atoms with van der Waals surface area (Å²) in [4.78, 5) is 0.